The normalized spacial score (nSPS) is 14.4. The number of rotatable bonds is 9. The molecule has 0 aliphatic carbocycles. The van der Waals surface area contributed by atoms with Crippen LogP contribution in [-0.4, -0.2) is 24.3 Å². The van der Waals surface area contributed by atoms with E-state index in [1.807, 2.05) is 36.4 Å². The van der Waals surface area contributed by atoms with Gasteiger partial charge in [-0.25, -0.2) is 14.2 Å². The molecule has 4 aromatic carbocycles. The highest BCUT2D eigenvalue weighted by Crippen LogP contribution is 2.37. The Morgan fingerprint density at radius 3 is 2.50 bits per heavy atom. The molecule has 1 aliphatic rings. The summed E-state index contributed by atoms with van der Waals surface area (Å²) in [5.41, 5.74) is 2.87. The Kier molecular flexibility index (Phi) is 10.4. The number of ether oxygens (including phenoxy) is 3. The van der Waals surface area contributed by atoms with E-state index >= 15 is 0 Å². The molecule has 0 bridgehead atoms. The van der Waals surface area contributed by atoms with Crippen LogP contribution in [0.25, 0.3) is 11.8 Å². The van der Waals surface area contributed by atoms with Gasteiger partial charge in [0.25, 0.3) is 5.56 Å². The average molecular weight is 815 g/mol. The smallest absolute Gasteiger partial charge is 0.338 e. The number of carbonyl (C=O) groups is 1. The van der Waals surface area contributed by atoms with Gasteiger partial charge in [-0.3, -0.25) is 9.36 Å². The van der Waals surface area contributed by atoms with Crippen LogP contribution < -0.4 is 24.4 Å². The van der Waals surface area contributed by atoms with Crippen LogP contribution in [0.1, 0.15) is 35.2 Å². The molecule has 6 rings (SSSR count). The predicted octanol–water partition coefficient (Wildman–Crippen LogP) is 7.57. The molecule has 7 nitrogen and oxygen atoms in total. The SMILES string of the molecule is CCOC(=O)C1=C(c2ccccc2)N=c2s/c(=C\c3cc(I)c(OCc4ccc(Cl)cc4Cl)c(OC)c3)c(=O)n2[C@@H]1c1ccc(F)cc1. The first-order valence-electron chi connectivity index (χ1n) is 14.7. The summed E-state index contributed by atoms with van der Waals surface area (Å²) in [5.74, 6) is -0.0707. The number of esters is 1. The number of carbonyl (C=O) groups excluding carboxylic acids is 1. The number of halogens is 4. The van der Waals surface area contributed by atoms with E-state index < -0.39 is 17.8 Å². The number of aromatic nitrogens is 1. The molecular formula is C36H26Cl2FIN2O5S. The van der Waals surface area contributed by atoms with Crippen molar-refractivity contribution in [2.75, 3.05) is 13.7 Å². The third kappa shape index (κ3) is 6.93. The van der Waals surface area contributed by atoms with Crippen LogP contribution >= 0.6 is 57.1 Å². The minimum absolute atomic E-state index is 0.123. The molecule has 48 heavy (non-hydrogen) atoms. The fourth-order valence-electron chi connectivity index (χ4n) is 5.30. The molecule has 0 fully saturated rings. The highest BCUT2D eigenvalue weighted by molar-refractivity contribution is 14.1. The first-order valence-corrected chi connectivity index (χ1v) is 17.3. The predicted molar refractivity (Wildman–Crippen MR) is 194 cm³/mol. The van der Waals surface area contributed by atoms with E-state index in [2.05, 4.69) is 22.6 Å². The maximum atomic E-state index is 14.2. The third-order valence-electron chi connectivity index (χ3n) is 7.50. The van der Waals surface area contributed by atoms with Crippen molar-refractivity contribution >= 4 is 74.9 Å². The minimum Gasteiger partial charge on any atom is -0.493 e. The van der Waals surface area contributed by atoms with Gasteiger partial charge in [-0.2, -0.15) is 0 Å². The zero-order chi connectivity index (χ0) is 33.9. The van der Waals surface area contributed by atoms with Crippen LogP contribution in [0.3, 0.4) is 0 Å². The van der Waals surface area contributed by atoms with Crippen LogP contribution in [0.5, 0.6) is 11.5 Å². The zero-order valence-corrected chi connectivity index (χ0v) is 30.0. The second-order valence-electron chi connectivity index (χ2n) is 10.5. The largest absolute Gasteiger partial charge is 0.493 e. The number of hydrogen-bond donors (Lipinski definition) is 0. The Hall–Kier alpha value is -3.97. The number of hydrogen-bond acceptors (Lipinski definition) is 7. The number of nitrogens with zero attached hydrogens (tertiary/aromatic N) is 2. The van der Waals surface area contributed by atoms with Gasteiger partial charge in [-0.05, 0) is 83.1 Å². The first-order chi connectivity index (χ1) is 23.2. The Bertz CT molecular complexity index is 2240. The molecule has 5 aromatic rings. The monoisotopic (exact) mass is 814 g/mol. The average Bonchev–Trinajstić information content (AvgIpc) is 3.38. The second kappa shape index (κ2) is 14.7. The summed E-state index contributed by atoms with van der Waals surface area (Å²) in [7, 11) is 1.54. The summed E-state index contributed by atoms with van der Waals surface area (Å²) < 4.78 is 33.9. The summed E-state index contributed by atoms with van der Waals surface area (Å²) in [6, 6.07) is 22.9. The van der Waals surface area contributed by atoms with Crippen molar-refractivity contribution in [2.24, 2.45) is 4.99 Å². The van der Waals surface area contributed by atoms with Gasteiger partial charge in [0, 0.05) is 21.2 Å². The van der Waals surface area contributed by atoms with Crippen molar-refractivity contribution in [3.63, 3.8) is 0 Å². The molecule has 0 radical (unpaired) electrons. The van der Waals surface area contributed by atoms with E-state index in [1.54, 1.807) is 49.4 Å². The molecular weight excluding hydrogens is 789 g/mol. The third-order valence-corrected chi connectivity index (χ3v) is 9.87. The van der Waals surface area contributed by atoms with Gasteiger partial charge < -0.3 is 14.2 Å². The molecule has 0 unspecified atom stereocenters. The highest BCUT2D eigenvalue weighted by atomic mass is 127. The van der Waals surface area contributed by atoms with Crippen LogP contribution in [0.2, 0.25) is 10.0 Å². The van der Waals surface area contributed by atoms with Gasteiger partial charge in [-0.1, -0.05) is 83.1 Å². The molecule has 0 saturated carbocycles. The minimum atomic E-state index is -0.914. The molecule has 1 aromatic heterocycles. The van der Waals surface area contributed by atoms with Crippen LogP contribution in [0, 0.1) is 9.39 Å². The summed E-state index contributed by atoms with van der Waals surface area (Å²) in [5, 5.41) is 1.02. The van der Waals surface area contributed by atoms with Crippen molar-refractivity contribution < 1.29 is 23.4 Å². The van der Waals surface area contributed by atoms with Crippen molar-refractivity contribution in [3.05, 3.63) is 152 Å². The van der Waals surface area contributed by atoms with Gasteiger partial charge in [0.05, 0.1) is 39.1 Å². The lowest BCUT2D eigenvalue weighted by atomic mass is 9.93. The summed E-state index contributed by atoms with van der Waals surface area (Å²) in [6.07, 6.45) is 1.74. The first kappa shape index (κ1) is 33.9. The molecule has 0 amide bonds. The summed E-state index contributed by atoms with van der Waals surface area (Å²) in [4.78, 5) is 33.0. The summed E-state index contributed by atoms with van der Waals surface area (Å²) >= 11 is 15.7. The maximum Gasteiger partial charge on any atom is 0.338 e. The highest BCUT2D eigenvalue weighted by Gasteiger charge is 2.35. The van der Waals surface area contributed by atoms with Gasteiger partial charge in [0.15, 0.2) is 16.3 Å². The van der Waals surface area contributed by atoms with Crippen molar-refractivity contribution in [3.8, 4) is 11.5 Å². The number of benzene rings is 4. The van der Waals surface area contributed by atoms with Crippen molar-refractivity contribution in [1.29, 1.82) is 0 Å². The molecule has 2 heterocycles. The lowest BCUT2D eigenvalue weighted by Gasteiger charge is -2.25. The van der Waals surface area contributed by atoms with Gasteiger partial charge in [-0.15, -0.1) is 0 Å². The van der Waals surface area contributed by atoms with E-state index in [-0.39, 0.29) is 24.3 Å². The molecule has 12 heteroatoms. The lowest BCUT2D eigenvalue weighted by Crippen LogP contribution is -2.40. The molecule has 0 spiro atoms. The lowest BCUT2D eigenvalue weighted by molar-refractivity contribution is -0.138. The fourth-order valence-corrected chi connectivity index (χ4v) is 7.55. The number of fused-ring (bicyclic) bond motifs is 1. The fraction of sp³-hybridized carbons (Fsp3) is 0.139. The van der Waals surface area contributed by atoms with Crippen molar-refractivity contribution in [1.82, 2.24) is 4.57 Å². The van der Waals surface area contributed by atoms with E-state index in [0.717, 1.165) is 9.13 Å². The van der Waals surface area contributed by atoms with E-state index in [4.69, 9.17) is 42.4 Å². The zero-order valence-electron chi connectivity index (χ0n) is 25.5. The van der Waals surface area contributed by atoms with Crippen LogP contribution in [-0.2, 0) is 16.1 Å². The maximum absolute atomic E-state index is 14.2. The van der Waals surface area contributed by atoms with E-state index in [9.17, 15) is 14.0 Å². The molecule has 0 saturated heterocycles. The van der Waals surface area contributed by atoms with Crippen LogP contribution in [0.4, 0.5) is 4.39 Å². The number of thiazole rings is 1. The molecule has 244 valence electrons. The van der Waals surface area contributed by atoms with Gasteiger partial charge in [0.2, 0.25) is 0 Å². The van der Waals surface area contributed by atoms with E-state index in [0.29, 0.717) is 53.3 Å². The quantitative estimate of drug-likeness (QED) is 0.113. The Balaban J connectivity index is 1.48. The van der Waals surface area contributed by atoms with Gasteiger partial charge >= 0.3 is 5.97 Å². The standard InChI is InChI=1S/C36H26Cl2FIN2O5S/c1-3-46-35(44)30-31(21-7-5-4-6-8-21)41-36-42(32(30)22-10-13-25(39)14-11-22)34(43)29(48-36)17-20-15-27(40)33(28(16-20)45-2)47-19-23-9-12-24(37)18-26(23)38/h4-18,32H,3,19H2,1-2H3/b29-17-/t32-/m1/s1. The molecule has 1 atom stereocenters. The van der Waals surface area contributed by atoms with Gasteiger partial charge in [0.1, 0.15) is 12.4 Å². The van der Waals surface area contributed by atoms with E-state index in [1.165, 1.54) is 35.1 Å². The van der Waals surface area contributed by atoms with Crippen LogP contribution in [0.15, 0.2) is 100 Å². The molecule has 1 aliphatic heterocycles. The Morgan fingerprint density at radius 1 is 1.06 bits per heavy atom. The van der Waals surface area contributed by atoms with Crippen molar-refractivity contribution in [2.45, 2.75) is 19.6 Å². The Morgan fingerprint density at radius 2 is 1.81 bits per heavy atom. The number of methoxy groups -OCH3 is 1. The topological polar surface area (TPSA) is 79.1 Å². The second-order valence-corrected chi connectivity index (χ2v) is 13.6. The molecule has 0 N–H and O–H groups in total. The Labute approximate surface area is 302 Å². The summed E-state index contributed by atoms with van der Waals surface area (Å²) in [6.45, 7) is 2.02.